The van der Waals surface area contributed by atoms with E-state index in [-0.39, 0.29) is 28.8 Å². The molecule has 3 aromatic rings. The molecule has 33 heavy (non-hydrogen) atoms. The molecule has 172 valence electrons. The fourth-order valence-corrected chi connectivity index (χ4v) is 5.85. The second-order valence-electron chi connectivity index (χ2n) is 8.33. The molecule has 1 fully saturated rings. The standard InChI is InChI=1S/C24H23ClN2O5S/c25-13-7-8-18-16(10-13)17(28)11-19(32-18)22(29)27-24-21(15-5-1-2-6-20(15)33-24)23(30)26-12-14-4-3-9-31-14/h7-8,10-11,14H,1-6,9,12H2,(H,26,30)(H,27,29)/t14-/m0/s1. The Kier molecular flexibility index (Phi) is 6.23. The molecule has 1 saturated heterocycles. The van der Waals surface area contributed by atoms with Crippen molar-refractivity contribution >= 4 is 50.7 Å². The Morgan fingerprint density at radius 1 is 1.12 bits per heavy atom. The summed E-state index contributed by atoms with van der Waals surface area (Å²) in [5.74, 6) is -0.905. The van der Waals surface area contributed by atoms with Crippen LogP contribution in [-0.4, -0.2) is 31.1 Å². The largest absolute Gasteiger partial charge is 0.451 e. The summed E-state index contributed by atoms with van der Waals surface area (Å²) in [5, 5.41) is 7.00. The molecule has 0 bridgehead atoms. The van der Waals surface area contributed by atoms with Crippen LogP contribution < -0.4 is 16.1 Å². The molecule has 2 aromatic heterocycles. The molecule has 5 rings (SSSR count). The summed E-state index contributed by atoms with van der Waals surface area (Å²) >= 11 is 7.38. The first-order valence-electron chi connectivity index (χ1n) is 11.1. The van der Waals surface area contributed by atoms with Crippen molar-refractivity contribution in [2.24, 2.45) is 0 Å². The normalized spacial score (nSPS) is 17.7. The van der Waals surface area contributed by atoms with Gasteiger partial charge in [-0.3, -0.25) is 14.4 Å². The molecule has 1 aromatic carbocycles. The van der Waals surface area contributed by atoms with Gasteiger partial charge in [0.25, 0.3) is 11.8 Å². The van der Waals surface area contributed by atoms with Crippen molar-refractivity contribution in [1.29, 1.82) is 0 Å². The first-order chi connectivity index (χ1) is 16.0. The van der Waals surface area contributed by atoms with Crippen molar-refractivity contribution < 1.29 is 18.7 Å². The lowest BCUT2D eigenvalue weighted by molar-refractivity contribution is 0.0858. The third-order valence-electron chi connectivity index (χ3n) is 6.05. The van der Waals surface area contributed by atoms with Crippen molar-refractivity contribution in [3.05, 3.63) is 61.3 Å². The van der Waals surface area contributed by atoms with Gasteiger partial charge >= 0.3 is 0 Å². The van der Waals surface area contributed by atoms with Gasteiger partial charge in [-0.05, 0) is 62.3 Å². The topological polar surface area (TPSA) is 97.6 Å². The Morgan fingerprint density at radius 2 is 1.97 bits per heavy atom. The number of nitrogens with one attached hydrogen (secondary N) is 2. The minimum Gasteiger partial charge on any atom is -0.451 e. The van der Waals surface area contributed by atoms with E-state index in [0.29, 0.717) is 27.5 Å². The van der Waals surface area contributed by atoms with Crippen LogP contribution in [0.3, 0.4) is 0 Å². The van der Waals surface area contributed by atoms with Crippen molar-refractivity contribution in [2.45, 2.75) is 44.6 Å². The van der Waals surface area contributed by atoms with Crippen LogP contribution >= 0.6 is 22.9 Å². The lowest BCUT2D eigenvalue weighted by Crippen LogP contribution is -2.32. The molecular formula is C24H23ClN2O5S. The Hall–Kier alpha value is -2.68. The Labute approximate surface area is 199 Å². The predicted molar refractivity (Wildman–Crippen MR) is 128 cm³/mol. The monoisotopic (exact) mass is 486 g/mol. The lowest BCUT2D eigenvalue weighted by Gasteiger charge is -2.15. The van der Waals surface area contributed by atoms with Gasteiger partial charge in [-0.15, -0.1) is 11.3 Å². The summed E-state index contributed by atoms with van der Waals surface area (Å²) in [4.78, 5) is 39.8. The van der Waals surface area contributed by atoms with Gasteiger partial charge in [0.15, 0.2) is 11.2 Å². The molecule has 0 unspecified atom stereocenters. The molecule has 2 aliphatic rings. The molecule has 2 N–H and O–H groups in total. The van der Waals surface area contributed by atoms with E-state index in [4.69, 9.17) is 20.8 Å². The quantitative estimate of drug-likeness (QED) is 0.551. The number of benzene rings is 1. The zero-order valence-corrected chi connectivity index (χ0v) is 19.4. The molecule has 3 heterocycles. The molecule has 2 amide bonds. The number of amides is 2. The zero-order chi connectivity index (χ0) is 22.9. The number of hydrogen-bond donors (Lipinski definition) is 2. The maximum Gasteiger partial charge on any atom is 0.292 e. The van der Waals surface area contributed by atoms with Crippen LogP contribution in [0.1, 0.15) is 57.0 Å². The van der Waals surface area contributed by atoms with Crippen LogP contribution in [0.25, 0.3) is 11.0 Å². The summed E-state index contributed by atoms with van der Waals surface area (Å²) in [6, 6.07) is 5.81. The number of fused-ring (bicyclic) bond motifs is 2. The highest BCUT2D eigenvalue weighted by atomic mass is 35.5. The van der Waals surface area contributed by atoms with E-state index >= 15 is 0 Å². The average molecular weight is 487 g/mol. The van der Waals surface area contributed by atoms with Gasteiger partial charge in [0, 0.05) is 29.1 Å². The highest BCUT2D eigenvalue weighted by Gasteiger charge is 2.28. The van der Waals surface area contributed by atoms with Crippen LogP contribution in [0.15, 0.2) is 33.5 Å². The third kappa shape index (κ3) is 4.55. The van der Waals surface area contributed by atoms with Crippen molar-refractivity contribution in [3.8, 4) is 0 Å². The number of rotatable bonds is 5. The first-order valence-corrected chi connectivity index (χ1v) is 12.3. The van der Waals surface area contributed by atoms with Gasteiger partial charge in [-0.25, -0.2) is 0 Å². The predicted octanol–water partition coefficient (Wildman–Crippen LogP) is 4.55. The Balaban J connectivity index is 1.43. The number of aryl methyl sites for hydroxylation is 1. The van der Waals surface area contributed by atoms with Crippen molar-refractivity contribution in [3.63, 3.8) is 0 Å². The van der Waals surface area contributed by atoms with Crippen molar-refractivity contribution in [2.75, 3.05) is 18.5 Å². The number of ether oxygens (including phenoxy) is 1. The van der Waals surface area contributed by atoms with Crippen molar-refractivity contribution in [1.82, 2.24) is 5.32 Å². The van der Waals surface area contributed by atoms with Crippen LogP contribution in [0, 0.1) is 0 Å². The van der Waals surface area contributed by atoms with Gasteiger partial charge in [0.1, 0.15) is 10.6 Å². The minimum absolute atomic E-state index is 0.0295. The zero-order valence-electron chi connectivity index (χ0n) is 17.9. The average Bonchev–Trinajstić information content (AvgIpc) is 3.45. The van der Waals surface area contributed by atoms with E-state index in [1.807, 2.05) is 0 Å². The minimum atomic E-state index is -0.573. The summed E-state index contributed by atoms with van der Waals surface area (Å²) < 4.78 is 11.3. The van der Waals surface area contributed by atoms with Crippen LogP contribution in [0.4, 0.5) is 5.00 Å². The molecule has 0 spiro atoms. The van der Waals surface area contributed by atoms with E-state index in [9.17, 15) is 14.4 Å². The van der Waals surface area contributed by atoms with E-state index in [1.165, 1.54) is 17.4 Å². The number of carbonyl (C=O) groups is 2. The van der Waals surface area contributed by atoms with Crippen LogP contribution in [0.2, 0.25) is 5.02 Å². The molecule has 0 saturated carbocycles. The molecule has 1 aliphatic heterocycles. The smallest absolute Gasteiger partial charge is 0.292 e. The number of hydrogen-bond acceptors (Lipinski definition) is 6. The molecule has 9 heteroatoms. The van der Waals surface area contributed by atoms with E-state index in [0.717, 1.165) is 61.6 Å². The maximum atomic E-state index is 13.1. The van der Waals surface area contributed by atoms with E-state index in [2.05, 4.69) is 10.6 Å². The number of halogens is 1. The van der Waals surface area contributed by atoms with Gasteiger partial charge in [0.2, 0.25) is 0 Å². The second kappa shape index (κ2) is 9.29. The number of carbonyl (C=O) groups excluding carboxylic acids is 2. The fraction of sp³-hybridized carbons (Fsp3) is 0.375. The lowest BCUT2D eigenvalue weighted by atomic mass is 9.95. The van der Waals surface area contributed by atoms with Gasteiger partial charge < -0.3 is 19.8 Å². The molecule has 0 radical (unpaired) electrons. The van der Waals surface area contributed by atoms with E-state index < -0.39 is 5.91 Å². The molecule has 1 aliphatic carbocycles. The van der Waals surface area contributed by atoms with Crippen LogP contribution in [-0.2, 0) is 17.6 Å². The summed E-state index contributed by atoms with van der Waals surface area (Å²) in [6.07, 6.45) is 5.70. The first kappa shape index (κ1) is 22.1. The van der Waals surface area contributed by atoms with E-state index in [1.54, 1.807) is 12.1 Å². The second-order valence-corrected chi connectivity index (χ2v) is 9.87. The number of anilines is 1. The summed E-state index contributed by atoms with van der Waals surface area (Å²) in [7, 11) is 0. The SMILES string of the molecule is O=C(Nc1sc2c(c1C(=O)NC[C@@H]1CCCO1)CCCC2)c1cc(=O)c2cc(Cl)ccc2o1. The summed E-state index contributed by atoms with van der Waals surface area (Å²) in [6.45, 7) is 1.16. The van der Waals surface area contributed by atoms with Gasteiger partial charge in [-0.1, -0.05) is 11.6 Å². The Bertz CT molecular complexity index is 1290. The molecule has 1 atom stereocenters. The fourth-order valence-electron chi connectivity index (χ4n) is 4.40. The molecular weight excluding hydrogens is 464 g/mol. The summed E-state index contributed by atoms with van der Waals surface area (Å²) in [5.41, 5.74) is 1.43. The highest BCUT2D eigenvalue weighted by Crippen LogP contribution is 2.38. The highest BCUT2D eigenvalue weighted by molar-refractivity contribution is 7.17. The molecule has 7 nitrogen and oxygen atoms in total. The number of thiophene rings is 1. The van der Waals surface area contributed by atoms with Gasteiger partial charge in [-0.2, -0.15) is 0 Å². The Morgan fingerprint density at radius 3 is 2.79 bits per heavy atom. The van der Waals surface area contributed by atoms with Crippen LogP contribution in [0.5, 0.6) is 0 Å². The third-order valence-corrected chi connectivity index (χ3v) is 7.50. The maximum absolute atomic E-state index is 13.1. The van der Waals surface area contributed by atoms with Gasteiger partial charge in [0.05, 0.1) is 17.1 Å².